The van der Waals surface area contributed by atoms with Crippen LogP contribution >= 0.6 is 11.3 Å². The maximum absolute atomic E-state index is 13.2. The van der Waals surface area contributed by atoms with E-state index in [0.29, 0.717) is 10.6 Å². The van der Waals surface area contributed by atoms with E-state index in [1.807, 2.05) is 29.7 Å². The van der Waals surface area contributed by atoms with Crippen LogP contribution in [-0.2, 0) is 0 Å². The number of rotatable bonds is 8. The number of allylic oxidation sites excluding steroid dienone is 3. The first-order valence-electron chi connectivity index (χ1n) is 9.79. The van der Waals surface area contributed by atoms with Gasteiger partial charge in [0, 0.05) is 10.9 Å². The maximum atomic E-state index is 13.2. The first-order chi connectivity index (χ1) is 14.2. The molecule has 0 radical (unpaired) electrons. The van der Waals surface area contributed by atoms with Crippen LogP contribution in [-0.4, -0.2) is 4.98 Å². The zero-order valence-electron chi connectivity index (χ0n) is 16.4. The van der Waals surface area contributed by atoms with E-state index in [2.05, 4.69) is 36.2 Å². The lowest BCUT2D eigenvalue weighted by Crippen LogP contribution is -1.87. The lowest BCUT2D eigenvalue weighted by molar-refractivity contribution is 0.628. The van der Waals surface area contributed by atoms with Gasteiger partial charge in [0.25, 0.3) is 0 Å². The van der Waals surface area contributed by atoms with Crippen LogP contribution in [0.5, 0.6) is 0 Å². The standard InChI is InChI=1S/C25H23FN2S/c1-2-3-5-10-20(15-19-8-6-4-7-9-19)16-22(17-27)25-28-24(18-29-25)21-11-13-23(26)14-12-21/h4,6-9,11-16,18H,2-3,5,10H2,1H3/b20-15+,22-16+. The Balaban J connectivity index is 1.90. The second-order valence-corrected chi connectivity index (χ2v) is 7.66. The van der Waals surface area contributed by atoms with Gasteiger partial charge in [-0.25, -0.2) is 9.37 Å². The smallest absolute Gasteiger partial charge is 0.134 e. The quantitative estimate of drug-likeness (QED) is 0.222. The highest BCUT2D eigenvalue weighted by Crippen LogP contribution is 2.28. The Morgan fingerprint density at radius 1 is 1.10 bits per heavy atom. The fraction of sp³-hybridized carbons (Fsp3) is 0.200. The molecule has 0 aliphatic rings. The molecule has 0 N–H and O–H groups in total. The van der Waals surface area contributed by atoms with Crippen LogP contribution in [0.25, 0.3) is 22.9 Å². The van der Waals surface area contributed by atoms with Gasteiger partial charge in [0.1, 0.15) is 16.9 Å². The van der Waals surface area contributed by atoms with Gasteiger partial charge < -0.3 is 0 Å². The molecule has 146 valence electrons. The summed E-state index contributed by atoms with van der Waals surface area (Å²) in [5.41, 5.74) is 4.40. The molecule has 0 atom stereocenters. The molecule has 3 aromatic rings. The van der Waals surface area contributed by atoms with Crippen molar-refractivity contribution in [3.8, 4) is 17.3 Å². The van der Waals surface area contributed by atoms with E-state index in [-0.39, 0.29) is 5.82 Å². The van der Waals surface area contributed by atoms with E-state index in [1.54, 1.807) is 12.1 Å². The zero-order chi connectivity index (χ0) is 20.5. The summed E-state index contributed by atoms with van der Waals surface area (Å²) in [7, 11) is 0. The molecule has 0 amide bonds. The van der Waals surface area contributed by atoms with E-state index in [4.69, 9.17) is 0 Å². The van der Waals surface area contributed by atoms with Crippen LogP contribution in [0.2, 0.25) is 0 Å². The first kappa shape index (κ1) is 20.7. The van der Waals surface area contributed by atoms with Crippen LogP contribution < -0.4 is 0 Å². The number of halogens is 1. The lowest BCUT2D eigenvalue weighted by atomic mass is 10.0. The van der Waals surface area contributed by atoms with Crippen molar-refractivity contribution in [2.75, 3.05) is 0 Å². The summed E-state index contributed by atoms with van der Waals surface area (Å²) in [4.78, 5) is 4.62. The van der Waals surface area contributed by atoms with Crippen molar-refractivity contribution in [1.29, 1.82) is 5.26 Å². The highest BCUT2D eigenvalue weighted by atomic mass is 32.1. The maximum Gasteiger partial charge on any atom is 0.134 e. The van der Waals surface area contributed by atoms with E-state index in [9.17, 15) is 9.65 Å². The van der Waals surface area contributed by atoms with E-state index < -0.39 is 0 Å². The van der Waals surface area contributed by atoms with Crippen molar-refractivity contribution in [3.05, 3.63) is 88.0 Å². The van der Waals surface area contributed by atoms with Crippen LogP contribution in [0.4, 0.5) is 4.39 Å². The van der Waals surface area contributed by atoms with Crippen molar-refractivity contribution in [2.24, 2.45) is 0 Å². The molecule has 0 spiro atoms. The van der Waals surface area contributed by atoms with Gasteiger partial charge in [0.2, 0.25) is 0 Å². The molecule has 3 rings (SSSR count). The predicted molar refractivity (Wildman–Crippen MR) is 120 cm³/mol. The number of thiazole rings is 1. The molecule has 2 nitrogen and oxygen atoms in total. The average Bonchev–Trinajstić information content (AvgIpc) is 3.23. The zero-order valence-corrected chi connectivity index (χ0v) is 17.3. The fourth-order valence-electron chi connectivity index (χ4n) is 3.01. The van der Waals surface area contributed by atoms with Crippen LogP contribution in [0.3, 0.4) is 0 Å². The minimum Gasteiger partial charge on any atom is -0.235 e. The number of unbranched alkanes of at least 4 members (excludes halogenated alkanes) is 2. The van der Waals surface area contributed by atoms with Gasteiger partial charge in [0.15, 0.2) is 0 Å². The van der Waals surface area contributed by atoms with Crippen LogP contribution in [0, 0.1) is 17.1 Å². The van der Waals surface area contributed by atoms with E-state index in [1.165, 1.54) is 23.5 Å². The van der Waals surface area contributed by atoms with Gasteiger partial charge in [-0.05, 0) is 54.3 Å². The number of hydrogen-bond donors (Lipinski definition) is 0. The van der Waals surface area contributed by atoms with Gasteiger partial charge >= 0.3 is 0 Å². The van der Waals surface area contributed by atoms with Crippen LogP contribution in [0.15, 0.2) is 71.6 Å². The topological polar surface area (TPSA) is 36.7 Å². The lowest BCUT2D eigenvalue weighted by Gasteiger charge is -2.04. The molecule has 4 heteroatoms. The van der Waals surface area contributed by atoms with Gasteiger partial charge in [0.05, 0.1) is 11.3 Å². The third-order valence-electron chi connectivity index (χ3n) is 4.55. The third kappa shape index (κ3) is 5.97. The molecule has 0 fully saturated rings. The Hall–Kier alpha value is -3.03. The molecule has 2 aromatic carbocycles. The van der Waals surface area contributed by atoms with Crippen LogP contribution in [0.1, 0.15) is 43.2 Å². The molecule has 0 aliphatic carbocycles. The van der Waals surface area contributed by atoms with Crippen molar-refractivity contribution in [1.82, 2.24) is 4.98 Å². The molecular formula is C25H23FN2S. The highest BCUT2D eigenvalue weighted by molar-refractivity contribution is 7.11. The number of aromatic nitrogens is 1. The minimum absolute atomic E-state index is 0.274. The highest BCUT2D eigenvalue weighted by Gasteiger charge is 2.10. The average molecular weight is 403 g/mol. The van der Waals surface area contributed by atoms with Crippen molar-refractivity contribution in [3.63, 3.8) is 0 Å². The Kier molecular flexibility index (Phi) is 7.49. The first-order valence-corrected chi connectivity index (χ1v) is 10.7. The minimum atomic E-state index is -0.274. The molecule has 29 heavy (non-hydrogen) atoms. The number of hydrogen-bond acceptors (Lipinski definition) is 3. The number of nitriles is 1. The second kappa shape index (κ2) is 10.5. The Labute approximate surface area is 175 Å². The molecule has 1 heterocycles. The summed E-state index contributed by atoms with van der Waals surface area (Å²) < 4.78 is 13.2. The van der Waals surface area contributed by atoms with Gasteiger partial charge in [-0.3, -0.25) is 0 Å². The SMILES string of the molecule is CCCCCC(=C\c1ccccc1)/C=C(\C#N)c1nc(-c2ccc(F)cc2)cs1. The summed E-state index contributed by atoms with van der Waals surface area (Å²) in [5, 5.41) is 12.3. The van der Waals surface area contributed by atoms with Gasteiger partial charge in [-0.15, -0.1) is 11.3 Å². The predicted octanol–water partition coefficient (Wildman–Crippen LogP) is 7.52. The van der Waals surface area contributed by atoms with Gasteiger partial charge in [-0.1, -0.05) is 56.2 Å². The Morgan fingerprint density at radius 3 is 2.55 bits per heavy atom. The molecule has 0 saturated heterocycles. The largest absolute Gasteiger partial charge is 0.235 e. The summed E-state index contributed by atoms with van der Waals surface area (Å²) in [6, 6.07) is 18.7. The summed E-state index contributed by atoms with van der Waals surface area (Å²) in [5.74, 6) is -0.274. The molecule has 0 saturated carbocycles. The summed E-state index contributed by atoms with van der Waals surface area (Å²) in [6.07, 6.45) is 8.42. The van der Waals surface area contributed by atoms with Crippen molar-refractivity contribution in [2.45, 2.75) is 32.6 Å². The Morgan fingerprint density at radius 2 is 1.86 bits per heavy atom. The third-order valence-corrected chi connectivity index (χ3v) is 5.42. The second-order valence-electron chi connectivity index (χ2n) is 6.80. The molecule has 0 aliphatic heterocycles. The monoisotopic (exact) mass is 402 g/mol. The summed E-state index contributed by atoms with van der Waals surface area (Å²) in [6.45, 7) is 2.18. The number of nitrogens with zero attached hydrogens (tertiary/aromatic N) is 2. The molecule has 1 aromatic heterocycles. The Bertz CT molecular complexity index is 1020. The summed E-state index contributed by atoms with van der Waals surface area (Å²) >= 11 is 1.44. The van der Waals surface area contributed by atoms with Crippen molar-refractivity contribution < 1.29 is 4.39 Å². The van der Waals surface area contributed by atoms with Crippen molar-refractivity contribution >= 4 is 23.0 Å². The van der Waals surface area contributed by atoms with Gasteiger partial charge in [-0.2, -0.15) is 5.26 Å². The number of benzene rings is 2. The molecule has 0 bridgehead atoms. The van der Waals surface area contributed by atoms with E-state index in [0.717, 1.165) is 48.1 Å². The normalized spacial score (nSPS) is 12.0. The molecule has 0 unspecified atom stereocenters. The fourth-order valence-corrected chi connectivity index (χ4v) is 3.80. The molecular weight excluding hydrogens is 379 g/mol. The van der Waals surface area contributed by atoms with E-state index >= 15 is 0 Å².